The van der Waals surface area contributed by atoms with Crippen LogP contribution in [0.25, 0.3) is 0 Å². The van der Waals surface area contributed by atoms with E-state index in [1.165, 1.54) is 0 Å². The first-order chi connectivity index (χ1) is 13.1. The average molecular weight is 452 g/mol. The Balaban J connectivity index is 2.05. The summed E-state index contributed by atoms with van der Waals surface area (Å²) < 4.78 is 32.0. The molecule has 1 aromatic carbocycles. The molecule has 1 aliphatic carbocycles. The number of carbonyl (C=O) groups excluding carboxylic acids is 3. The fraction of sp³-hybridized carbons (Fsp3) is 0.438. The summed E-state index contributed by atoms with van der Waals surface area (Å²) in [6, 6.07) is 1.23. The van der Waals surface area contributed by atoms with Gasteiger partial charge in [-0.3, -0.25) is 10.1 Å². The second-order valence-corrected chi connectivity index (χ2v) is 8.54. The quantitative estimate of drug-likeness (QED) is 0.516. The van der Waals surface area contributed by atoms with E-state index in [1.54, 1.807) is 0 Å². The smallest absolute Gasteiger partial charge is 0.340 e. The highest BCUT2D eigenvalue weighted by atomic mass is 35.5. The number of imide groups is 1. The summed E-state index contributed by atoms with van der Waals surface area (Å²) in [5.41, 5.74) is -0.273. The molecule has 1 aliphatic rings. The molecular weight excluding hydrogens is 433 g/mol. The molecule has 9 nitrogen and oxygen atoms in total. The molecule has 0 spiro atoms. The van der Waals surface area contributed by atoms with Crippen molar-refractivity contribution in [2.24, 2.45) is 0 Å². The Morgan fingerprint density at radius 2 is 1.86 bits per heavy atom. The first kappa shape index (κ1) is 22.4. The maximum absolute atomic E-state index is 12.4. The lowest BCUT2D eigenvalue weighted by molar-refractivity contribution is -0.123. The van der Waals surface area contributed by atoms with E-state index in [0.29, 0.717) is 13.0 Å². The number of hydrogen-bond donors (Lipinski definition) is 3. The zero-order chi connectivity index (χ0) is 20.9. The van der Waals surface area contributed by atoms with Gasteiger partial charge in [0, 0.05) is 12.6 Å². The minimum atomic E-state index is -3.94. The van der Waals surface area contributed by atoms with E-state index in [4.69, 9.17) is 27.9 Å². The van der Waals surface area contributed by atoms with E-state index in [9.17, 15) is 22.8 Å². The number of rotatable bonds is 8. The zero-order valence-corrected chi connectivity index (χ0v) is 17.2. The summed E-state index contributed by atoms with van der Waals surface area (Å²) >= 11 is 11.9. The summed E-state index contributed by atoms with van der Waals surface area (Å²) in [6.07, 6.45) is 2.13. The average Bonchev–Trinajstić information content (AvgIpc) is 3.40. The van der Waals surface area contributed by atoms with Gasteiger partial charge in [-0.2, -0.15) is 0 Å². The fourth-order valence-electron chi connectivity index (χ4n) is 2.03. The maximum Gasteiger partial charge on any atom is 0.340 e. The molecule has 0 heterocycles. The van der Waals surface area contributed by atoms with E-state index in [0.717, 1.165) is 25.0 Å². The van der Waals surface area contributed by atoms with Crippen LogP contribution in [-0.4, -0.2) is 45.5 Å². The lowest BCUT2D eigenvalue weighted by Gasteiger charge is -2.11. The van der Waals surface area contributed by atoms with Crippen LogP contribution in [0.3, 0.4) is 0 Å². The topological polar surface area (TPSA) is 131 Å². The van der Waals surface area contributed by atoms with E-state index in [2.05, 4.69) is 10.0 Å². The summed E-state index contributed by atoms with van der Waals surface area (Å²) in [5.74, 6) is -1.89. The van der Waals surface area contributed by atoms with Crippen molar-refractivity contribution >= 4 is 51.1 Å². The number of urea groups is 1. The van der Waals surface area contributed by atoms with Crippen molar-refractivity contribution in [1.29, 1.82) is 0 Å². The van der Waals surface area contributed by atoms with Crippen molar-refractivity contribution in [2.45, 2.75) is 37.1 Å². The first-order valence-electron chi connectivity index (χ1n) is 8.40. The van der Waals surface area contributed by atoms with Gasteiger partial charge in [0.1, 0.15) is 4.90 Å². The molecule has 1 fully saturated rings. The largest absolute Gasteiger partial charge is 0.452 e. The fourth-order valence-corrected chi connectivity index (χ4v) is 4.19. The number of hydrogen-bond acceptors (Lipinski definition) is 6. The van der Waals surface area contributed by atoms with Crippen LogP contribution in [0.5, 0.6) is 0 Å². The van der Waals surface area contributed by atoms with E-state index < -0.39 is 34.5 Å². The molecule has 3 amide bonds. The van der Waals surface area contributed by atoms with Gasteiger partial charge in [0.05, 0.1) is 15.6 Å². The third-order valence-corrected chi connectivity index (χ3v) is 5.85. The van der Waals surface area contributed by atoms with E-state index >= 15 is 0 Å². The maximum atomic E-state index is 12.4. The molecule has 0 radical (unpaired) electrons. The van der Waals surface area contributed by atoms with E-state index in [1.807, 2.05) is 12.2 Å². The van der Waals surface area contributed by atoms with Gasteiger partial charge in [-0.25, -0.2) is 22.7 Å². The Morgan fingerprint density at radius 1 is 1.18 bits per heavy atom. The molecule has 0 aliphatic heterocycles. The Kier molecular flexibility index (Phi) is 7.64. The van der Waals surface area contributed by atoms with Crippen LogP contribution < -0.4 is 15.4 Å². The summed E-state index contributed by atoms with van der Waals surface area (Å²) in [4.78, 5) is 34.9. The van der Waals surface area contributed by atoms with Crippen molar-refractivity contribution in [3.8, 4) is 0 Å². The van der Waals surface area contributed by atoms with Crippen LogP contribution in [-0.2, 0) is 19.6 Å². The van der Waals surface area contributed by atoms with Crippen molar-refractivity contribution in [3.05, 3.63) is 27.7 Å². The molecule has 0 saturated heterocycles. The zero-order valence-electron chi connectivity index (χ0n) is 14.9. The van der Waals surface area contributed by atoms with Crippen LogP contribution in [0.15, 0.2) is 17.0 Å². The Hall–Kier alpha value is -1.88. The third-order valence-electron chi connectivity index (χ3n) is 3.55. The first-order valence-corrected chi connectivity index (χ1v) is 10.6. The van der Waals surface area contributed by atoms with Crippen molar-refractivity contribution in [3.63, 3.8) is 0 Å². The van der Waals surface area contributed by atoms with Gasteiger partial charge in [-0.15, -0.1) is 0 Å². The molecular formula is C16H19Cl2N3O6S. The molecule has 154 valence electrons. The SMILES string of the molecule is CCCNC(=O)NC(=O)COC(=O)c1cc(S(=O)(=O)NC2CC2)c(Cl)cc1Cl. The van der Waals surface area contributed by atoms with Crippen LogP contribution in [0, 0.1) is 0 Å². The molecule has 0 bridgehead atoms. The number of benzene rings is 1. The van der Waals surface area contributed by atoms with Crippen molar-refractivity contribution < 1.29 is 27.5 Å². The van der Waals surface area contributed by atoms with Gasteiger partial charge in [0.15, 0.2) is 6.61 Å². The second-order valence-electron chi connectivity index (χ2n) is 6.04. The minimum Gasteiger partial charge on any atom is -0.452 e. The molecule has 0 atom stereocenters. The highest BCUT2D eigenvalue weighted by Gasteiger charge is 2.30. The molecule has 0 aromatic heterocycles. The number of ether oxygens (including phenoxy) is 1. The Morgan fingerprint density at radius 3 is 2.46 bits per heavy atom. The summed E-state index contributed by atoms with van der Waals surface area (Å²) in [7, 11) is -3.94. The molecule has 1 saturated carbocycles. The van der Waals surface area contributed by atoms with Gasteiger partial charge in [0.25, 0.3) is 5.91 Å². The summed E-state index contributed by atoms with van der Waals surface area (Å²) in [6.45, 7) is 1.47. The number of halogens is 2. The molecule has 2 rings (SSSR count). The van der Waals surface area contributed by atoms with Crippen LogP contribution >= 0.6 is 23.2 Å². The van der Waals surface area contributed by atoms with Gasteiger partial charge >= 0.3 is 12.0 Å². The highest BCUT2D eigenvalue weighted by molar-refractivity contribution is 7.89. The lowest BCUT2D eigenvalue weighted by Crippen LogP contribution is -2.41. The molecule has 0 unspecified atom stereocenters. The molecule has 1 aromatic rings. The number of carbonyl (C=O) groups is 3. The Bertz CT molecular complexity index is 887. The van der Waals surface area contributed by atoms with Crippen LogP contribution in [0.2, 0.25) is 10.0 Å². The predicted octanol–water partition coefficient (Wildman–Crippen LogP) is 1.83. The monoisotopic (exact) mass is 451 g/mol. The molecule has 12 heteroatoms. The summed E-state index contributed by atoms with van der Waals surface area (Å²) in [5, 5.41) is 4.11. The highest BCUT2D eigenvalue weighted by Crippen LogP contribution is 2.31. The number of esters is 1. The molecule has 28 heavy (non-hydrogen) atoms. The van der Waals surface area contributed by atoms with Crippen molar-refractivity contribution in [2.75, 3.05) is 13.2 Å². The second kappa shape index (κ2) is 9.55. The Labute approximate surface area is 172 Å². The third kappa shape index (κ3) is 6.33. The van der Waals surface area contributed by atoms with Crippen molar-refractivity contribution in [1.82, 2.24) is 15.4 Å². The number of amides is 3. The lowest BCUT2D eigenvalue weighted by atomic mass is 10.2. The van der Waals surface area contributed by atoms with Crippen LogP contribution in [0.1, 0.15) is 36.5 Å². The van der Waals surface area contributed by atoms with E-state index in [-0.39, 0.29) is 26.5 Å². The standard InChI is InChI=1S/C16H19Cl2N3O6S/c1-2-5-19-16(24)20-14(22)8-27-15(23)10-6-13(12(18)7-11(10)17)28(25,26)21-9-3-4-9/h6-7,9,21H,2-5,8H2,1H3,(H2,19,20,22,24). The van der Waals surface area contributed by atoms with Gasteiger partial charge in [0.2, 0.25) is 10.0 Å². The van der Waals surface area contributed by atoms with Gasteiger partial charge < -0.3 is 10.1 Å². The van der Waals surface area contributed by atoms with Crippen LogP contribution in [0.4, 0.5) is 4.79 Å². The minimum absolute atomic E-state index is 0.138. The van der Waals surface area contributed by atoms with Gasteiger partial charge in [-0.05, 0) is 31.4 Å². The number of nitrogens with one attached hydrogen (secondary N) is 3. The predicted molar refractivity (Wildman–Crippen MR) is 102 cm³/mol. The van der Waals surface area contributed by atoms with Gasteiger partial charge in [-0.1, -0.05) is 30.1 Å². The number of sulfonamides is 1. The molecule has 3 N–H and O–H groups in total. The normalized spacial score (nSPS) is 13.7.